The van der Waals surface area contributed by atoms with Crippen LogP contribution in [0.3, 0.4) is 0 Å². The number of benzene rings is 1. The van der Waals surface area contributed by atoms with Gasteiger partial charge in [0.2, 0.25) is 5.91 Å². The van der Waals surface area contributed by atoms with Crippen molar-refractivity contribution in [2.45, 2.75) is 52.4 Å². The normalized spacial score (nSPS) is 31.1. The van der Waals surface area contributed by atoms with Crippen LogP contribution >= 0.6 is 24.0 Å². The molecule has 5 aliphatic rings. The average molecular weight is 492 g/mol. The highest BCUT2D eigenvalue weighted by Crippen LogP contribution is 2.60. The molecule has 4 aliphatic carbocycles. The number of hydrogen-bond acceptors (Lipinski definition) is 4. The largest absolute Gasteiger partial charge is 0.318 e. The van der Waals surface area contributed by atoms with Gasteiger partial charge in [0, 0.05) is 17.1 Å². The Hall–Kier alpha value is -2.38. The van der Waals surface area contributed by atoms with Crippen LogP contribution in [0.4, 0.5) is 0 Å². The van der Waals surface area contributed by atoms with Gasteiger partial charge in [-0.25, -0.2) is 0 Å². The fourth-order valence-corrected chi connectivity index (χ4v) is 8.39. The number of amides is 2. The topological polar surface area (TPSA) is 54.3 Å². The zero-order valence-electron chi connectivity index (χ0n) is 19.5. The van der Waals surface area contributed by atoms with Crippen LogP contribution in [0.2, 0.25) is 0 Å². The van der Waals surface area contributed by atoms with Gasteiger partial charge in [-0.2, -0.15) is 5.01 Å². The molecule has 34 heavy (non-hydrogen) atoms. The van der Waals surface area contributed by atoms with Crippen LogP contribution < -0.4 is 5.43 Å². The van der Waals surface area contributed by atoms with Crippen LogP contribution in [-0.2, 0) is 9.59 Å². The molecule has 0 spiro atoms. The van der Waals surface area contributed by atoms with E-state index in [1.807, 2.05) is 24.3 Å². The van der Waals surface area contributed by atoms with Gasteiger partial charge in [-0.1, -0.05) is 30.0 Å². The monoisotopic (exact) mass is 491 g/mol. The Morgan fingerprint density at radius 3 is 2.32 bits per heavy atom. The SMILES string of the molecule is Cc1cc(/C=C2/SC(=S)N(NC(=O)C34CC5CC(CC(C5)C3)C4)C2=O)c(C)n1-c1ccccc1. The second-order valence-corrected chi connectivity index (χ2v) is 12.3. The Morgan fingerprint density at radius 1 is 1.09 bits per heavy atom. The van der Waals surface area contributed by atoms with E-state index in [2.05, 4.69) is 42.0 Å². The van der Waals surface area contributed by atoms with Crippen molar-refractivity contribution in [3.63, 3.8) is 0 Å². The molecule has 1 aromatic heterocycles. The summed E-state index contributed by atoms with van der Waals surface area (Å²) < 4.78 is 2.58. The van der Waals surface area contributed by atoms with Crippen molar-refractivity contribution >= 4 is 46.2 Å². The molecule has 2 aromatic rings. The first-order valence-electron chi connectivity index (χ1n) is 12.2. The lowest BCUT2D eigenvalue weighted by Gasteiger charge is -2.55. The number of nitrogens with zero attached hydrogens (tertiary/aromatic N) is 2. The van der Waals surface area contributed by atoms with E-state index in [1.165, 1.54) is 36.0 Å². The first kappa shape index (κ1) is 22.1. The summed E-state index contributed by atoms with van der Waals surface area (Å²) in [6.45, 7) is 4.12. The van der Waals surface area contributed by atoms with Crippen molar-refractivity contribution in [3.8, 4) is 5.69 Å². The van der Waals surface area contributed by atoms with Gasteiger partial charge in [-0.05, 0) is 112 Å². The van der Waals surface area contributed by atoms with Crippen LogP contribution in [0.5, 0.6) is 0 Å². The predicted octanol–water partition coefficient (Wildman–Crippen LogP) is 5.54. The molecule has 1 saturated heterocycles. The fourth-order valence-electron chi connectivity index (χ4n) is 7.22. The van der Waals surface area contributed by atoms with Gasteiger partial charge >= 0.3 is 0 Å². The third-order valence-electron chi connectivity index (χ3n) is 8.30. The van der Waals surface area contributed by atoms with E-state index < -0.39 is 0 Å². The molecule has 1 aromatic carbocycles. The highest BCUT2D eigenvalue weighted by molar-refractivity contribution is 8.26. The number of hydrazine groups is 1. The van der Waals surface area contributed by atoms with Gasteiger partial charge in [0.15, 0.2) is 4.32 Å². The summed E-state index contributed by atoms with van der Waals surface area (Å²) >= 11 is 6.78. The van der Waals surface area contributed by atoms with Gasteiger partial charge in [0.05, 0.1) is 10.3 Å². The maximum absolute atomic E-state index is 13.5. The predicted molar refractivity (Wildman–Crippen MR) is 139 cm³/mol. The summed E-state index contributed by atoms with van der Waals surface area (Å²) in [6.07, 6.45) is 8.61. The van der Waals surface area contributed by atoms with E-state index in [4.69, 9.17) is 12.2 Å². The maximum atomic E-state index is 13.5. The van der Waals surface area contributed by atoms with E-state index in [-0.39, 0.29) is 17.2 Å². The summed E-state index contributed by atoms with van der Waals surface area (Å²) in [5.74, 6) is 1.76. The molecule has 0 unspecified atom stereocenters. The average Bonchev–Trinajstić information content (AvgIpc) is 3.22. The first-order valence-corrected chi connectivity index (χ1v) is 13.4. The van der Waals surface area contributed by atoms with Gasteiger partial charge in [-0.15, -0.1) is 0 Å². The minimum absolute atomic E-state index is 0.00796. The maximum Gasteiger partial charge on any atom is 0.285 e. The van der Waals surface area contributed by atoms with Crippen LogP contribution in [0.1, 0.15) is 55.5 Å². The first-order chi connectivity index (χ1) is 16.3. The number of carbonyl (C=O) groups is 2. The van der Waals surface area contributed by atoms with Gasteiger partial charge < -0.3 is 4.57 Å². The summed E-state index contributed by atoms with van der Waals surface area (Å²) in [5.41, 5.74) is 6.86. The van der Waals surface area contributed by atoms with Crippen LogP contribution in [0.15, 0.2) is 41.3 Å². The second kappa shape index (κ2) is 8.09. The third kappa shape index (κ3) is 3.55. The Bertz CT molecular complexity index is 1190. The molecule has 0 radical (unpaired) electrons. The van der Waals surface area contributed by atoms with Crippen molar-refractivity contribution in [3.05, 3.63) is 58.3 Å². The molecule has 0 atom stereocenters. The standard InChI is InChI=1S/C27H29N3O2S2/c1-16-8-21(17(2)29(16)22-6-4-3-5-7-22)12-23-24(31)30(26(33)34-23)28-25(32)27-13-18-9-19(14-27)11-20(10-18)15-27/h3-8,12,18-20H,9-11,13-15H2,1-2H3,(H,28,32)/b23-12+. The van der Waals surface area contributed by atoms with Gasteiger partial charge in [-0.3, -0.25) is 15.0 Å². The lowest BCUT2D eigenvalue weighted by atomic mass is 9.49. The zero-order valence-corrected chi connectivity index (χ0v) is 21.2. The van der Waals surface area contributed by atoms with Crippen molar-refractivity contribution in [2.24, 2.45) is 23.2 Å². The summed E-state index contributed by atoms with van der Waals surface area (Å²) in [6, 6.07) is 12.3. The smallest absolute Gasteiger partial charge is 0.285 e. The highest BCUT2D eigenvalue weighted by Gasteiger charge is 2.55. The van der Waals surface area contributed by atoms with Crippen molar-refractivity contribution < 1.29 is 9.59 Å². The quantitative estimate of drug-likeness (QED) is 0.451. The third-order valence-corrected chi connectivity index (χ3v) is 9.60. The summed E-state index contributed by atoms with van der Waals surface area (Å²) in [5, 5.41) is 1.31. The van der Waals surface area contributed by atoms with E-state index in [1.54, 1.807) is 0 Å². The minimum atomic E-state index is -0.317. The highest BCUT2D eigenvalue weighted by atomic mass is 32.2. The molecule has 176 valence electrons. The zero-order chi connectivity index (χ0) is 23.6. The van der Waals surface area contributed by atoms with Gasteiger partial charge in [0.1, 0.15) is 0 Å². The number of aromatic nitrogens is 1. The molecule has 5 fully saturated rings. The van der Waals surface area contributed by atoms with Crippen molar-refractivity contribution in [1.82, 2.24) is 15.0 Å². The number of nitrogens with one attached hydrogen (secondary N) is 1. The molecule has 7 rings (SSSR count). The van der Waals surface area contributed by atoms with Crippen molar-refractivity contribution in [1.29, 1.82) is 0 Å². The summed E-state index contributed by atoms with van der Waals surface area (Å²) in [7, 11) is 0. The Labute approximate surface area is 209 Å². The number of para-hydroxylation sites is 1. The minimum Gasteiger partial charge on any atom is -0.318 e. The number of thiocarbonyl (C=S) groups is 1. The van der Waals surface area contributed by atoms with Gasteiger partial charge in [0.25, 0.3) is 5.91 Å². The lowest BCUT2D eigenvalue weighted by Crippen LogP contribution is -2.57. The molecule has 4 saturated carbocycles. The molecule has 7 heteroatoms. The van der Waals surface area contributed by atoms with Crippen LogP contribution in [-0.4, -0.2) is 25.7 Å². The number of thioether (sulfide) groups is 1. The second-order valence-electron chi connectivity index (χ2n) is 10.7. The van der Waals surface area contributed by atoms with Crippen LogP contribution in [0, 0.1) is 37.0 Å². The number of aryl methyl sites for hydroxylation is 1. The summed E-state index contributed by atoms with van der Waals surface area (Å²) in [4.78, 5) is 27.3. The van der Waals surface area contributed by atoms with E-state index >= 15 is 0 Å². The molecular formula is C27H29N3O2S2. The fraction of sp³-hybridized carbons (Fsp3) is 0.444. The molecular weight excluding hydrogens is 462 g/mol. The molecule has 4 bridgehead atoms. The van der Waals surface area contributed by atoms with E-state index in [0.717, 1.165) is 41.9 Å². The lowest BCUT2D eigenvalue weighted by molar-refractivity contribution is -0.152. The molecule has 2 amide bonds. The Balaban J connectivity index is 1.23. The molecule has 1 N–H and O–H groups in total. The van der Waals surface area contributed by atoms with E-state index in [9.17, 15) is 9.59 Å². The number of rotatable bonds is 4. The van der Waals surface area contributed by atoms with Crippen LogP contribution in [0.25, 0.3) is 11.8 Å². The van der Waals surface area contributed by atoms with Crippen molar-refractivity contribution in [2.75, 3.05) is 0 Å². The number of carbonyl (C=O) groups excluding carboxylic acids is 2. The Kier molecular flexibility index (Phi) is 5.26. The Morgan fingerprint density at radius 2 is 1.71 bits per heavy atom. The molecule has 5 nitrogen and oxygen atoms in total. The number of hydrogen-bond donors (Lipinski definition) is 1. The molecule has 2 heterocycles. The van der Waals surface area contributed by atoms with E-state index in [0.29, 0.717) is 27.0 Å². The molecule has 1 aliphatic heterocycles.